The van der Waals surface area contributed by atoms with Gasteiger partial charge in [0.15, 0.2) is 0 Å². The first-order valence-electron chi connectivity index (χ1n) is 11.1. The minimum Gasteiger partial charge on any atom is -0.359 e. The number of rotatable bonds is 4. The average molecular weight is 413 g/mol. The van der Waals surface area contributed by atoms with Crippen molar-refractivity contribution in [2.75, 3.05) is 5.32 Å². The maximum absolute atomic E-state index is 3.88. The van der Waals surface area contributed by atoms with Gasteiger partial charge in [-0.25, -0.2) is 0 Å². The van der Waals surface area contributed by atoms with Gasteiger partial charge in [0.05, 0.1) is 11.0 Å². The van der Waals surface area contributed by atoms with Gasteiger partial charge in [0.25, 0.3) is 0 Å². The lowest BCUT2D eigenvalue weighted by Crippen LogP contribution is -2.40. The molecule has 0 spiro atoms. The molecule has 2 heteroatoms. The molecule has 0 amide bonds. The maximum atomic E-state index is 3.88. The number of nitrogens with zero attached hydrogens (tertiary/aromatic N) is 1. The molecule has 1 aliphatic carbocycles. The predicted octanol–water partition coefficient (Wildman–Crippen LogP) is 7.60. The van der Waals surface area contributed by atoms with Crippen LogP contribution in [0.15, 0.2) is 127 Å². The molecule has 0 bridgehead atoms. The van der Waals surface area contributed by atoms with Gasteiger partial charge in [0.2, 0.25) is 0 Å². The fourth-order valence-electron chi connectivity index (χ4n) is 4.91. The van der Waals surface area contributed by atoms with E-state index in [1.165, 1.54) is 32.9 Å². The molecule has 32 heavy (non-hydrogen) atoms. The van der Waals surface area contributed by atoms with Crippen molar-refractivity contribution < 1.29 is 0 Å². The Bertz CT molecular complexity index is 1410. The van der Waals surface area contributed by atoms with Gasteiger partial charge in [-0.2, -0.15) is 0 Å². The second-order valence-electron chi connectivity index (χ2n) is 8.35. The monoisotopic (exact) mass is 412 g/mol. The van der Waals surface area contributed by atoms with E-state index >= 15 is 0 Å². The summed E-state index contributed by atoms with van der Waals surface area (Å²) in [4.78, 5) is 0. The van der Waals surface area contributed by atoms with Crippen LogP contribution in [-0.2, 0) is 5.66 Å². The summed E-state index contributed by atoms with van der Waals surface area (Å²) >= 11 is 0. The summed E-state index contributed by atoms with van der Waals surface area (Å²) in [5.41, 5.74) is 5.67. The van der Waals surface area contributed by atoms with Crippen molar-refractivity contribution in [3.05, 3.63) is 133 Å². The van der Waals surface area contributed by atoms with Crippen molar-refractivity contribution in [2.24, 2.45) is 0 Å². The van der Waals surface area contributed by atoms with Crippen LogP contribution in [0.1, 0.15) is 12.0 Å². The Hall–Kier alpha value is -4.04. The van der Waals surface area contributed by atoms with E-state index in [2.05, 4.69) is 137 Å². The number of fused-ring (bicyclic) bond motifs is 3. The van der Waals surface area contributed by atoms with Gasteiger partial charge in [-0.1, -0.05) is 97.1 Å². The molecule has 1 unspecified atom stereocenters. The lowest BCUT2D eigenvalue weighted by molar-refractivity contribution is 0.455. The van der Waals surface area contributed by atoms with Crippen molar-refractivity contribution >= 4 is 33.1 Å². The number of allylic oxidation sites excluding steroid dienone is 2. The number of nitrogens with one attached hydrogen (secondary N) is 1. The first-order chi connectivity index (χ1) is 15.8. The summed E-state index contributed by atoms with van der Waals surface area (Å²) in [7, 11) is 0. The zero-order valence-electron chi connectivity index (χ0n) is 17.8. The molecule has 1 atom stereocenters. The summed E-state index contributed by atoms with van der Waals surface area (Å²) in [5.74, 6) is 0. The van der Waals surface area contributed by atoms with Gasteiger partial charge in [0, 0.05) is 22.9 Å². The molecule has 0 fully saturated rings. The molecule has 154 valence electrons. The number of benzene rings is 4. The molecule has 5 aromatic rings. The molecule has 0 saturated heterocycles. The third-order valence-electron chi connectivity index (χ3n) is 6.39. The number of hydrogen-bond acceptors (Lipinski definition) is 1. The van der Waals surface area contributed by atoms with E-state index in [1.807, 2.05) is 0 Å². The highest BCUT2D eigenvalue weighted by Gasteiger charge is 2.33. The number of anilines is 1. The summed E-state index contributed by atoms with van der Waals surface area (Å²) in [6, 6.07) is 38.5. The van der Waals surface area contributed by atoms with Crippen molar-refractivity contribution in [1.82, 2.24) is 4.57 Å². The summed E-state index contributed by atoms with van der Waals surface area (Å²) in [6.45, 7) is 0. The van der Waals surface area contributed by atoms with Crippen molar-refractivity contribution in [1.29, 1.82) is 0 Å². The molecule has 6 rings (SSSR count). The van der Waals surface area contributed by atoms with Gasteiger partial charge in [-0.05, 0) is 41.5 Å². The molecular weight excluding hydrogens is 388 g/mol. The number of para-hydroxylation sites is 3. The van der Waals surface area contributed by atoms with Crippen LogP contribution in [0, 0.1) is 0 Å². The largest absolute Gasteiger partial charge is 0.359 e. The topological polar surface area (TPSA) is 17.0 Å². The smallest absolute Gasteiger partial charge is 0.138 e. The van der Waals surface area contributed by atoms with E-state index in [0.29, 0.717) is 0 Å². The Labute approximate surface area is 188 Å². The number of hydrogen-bond donors (Lipinski definition) is 1. The van der Waals surface area contributed by atoms with Crippen LogP contribution in [-0.4, -0.2) is 4.57 Å². The third kappa shape index (κ3) is 3.04. The fraction of sp³-hybridized carbons (Fsp3) is 0.0667. The summed E-state index contributed by atoms with van der Waals surface area (Å²) in [6.07, 6.45) is 7.79. The molecule has 0 saturated carbocycles. The zero-order valence-corrected chi connectivity index (χ0v) is 17.8. The normalized spacial score (nSPS) is 18.1. The van der Waals surface area contributed by atoms with Gasteiger partial charge in [-0.3, -0.25) is 0 Å². The summed E-state index contributed by atoms with van der Waals surface area (Å²) < 4.78 is 2.47. The Balaban J connectivity index is 1.57. The fourth-order valence-corrected chi connectivity index (χ4v) is 4.91. The molecule has 1 aromatic heterocycles. The number of aromatic nitrogens is 1. The Morgan fingerprint density at radius 1 is 0.625 bits per heavy atom. The van der Waals surface area contributed by atoms with Crippen LogP contribution in [0.4, 0.5) is 5.69 Å². The zero-order chi connectivity index (χ0) is 21.4. The maximum Gasteiger partial charge on any atom is 0.138 e. The Morgan fingerprint density at radius 2 is 1.19 bits per heavy atom. The van der Waals surface area contributed by atoms with Crippen LogP contribution in [0.5, 0.6) is 0 Å². The highest BCUT2D eigenvalue weighted by Crippen LogP contribution is 2.40. The molecule has 1 N–H and O–H groups in total. The average Bonchev–Trinajstić information content (AvgIpc) is 3.21. The molecular formula is C30H24N2. The quantitative estimate of drug-likeness (QED) is 0.321. The van der Waals surface area contributed by atoms with E-state index in [-0.39, 0.29) is 0 Å². The minimum absolute atomic E-state index is 0.414. The molecule has 0 radical (unpaired) electrons. The van der Waals surface area contributed by atoms with Crippen molar-refractivity contribution in [3.63, 3.8) is 0 Å². The van der Waals surface area contributed by atoms with Crippen LogP contribution in [0.2, 0.25) is 0 Å². The van der Waals surface area contributed by atoms with Gasteiger partial charge in [-0.15, -0.1) is 0 Å². The molecule has 2 nitrogen and oxygen atoms in total. The molecule has 0 aliphatic heterocycles. The minimum atomic E-state index is -0.414. The van der Waals surface area contributed by atoms with Crippen LogP contribution in [0.25, 0.3) is 27.4 Å². The second-order valence-corrected chi connectivity index (χ2v) is 8.35. The molecule has 4 aromatic carbocycles. The van der Waals surface area contributed by atoms with Crippen LogP contribution in [0.3, 0.4) is 0 Å². The van der Waals surface area contributed by atoms with Crippen LogP contribution < -0.4 is 5.32 Å². The van der Waals surface area contributed by atoms with Gasteiger partial charge >= 0.3 is 0 Å². The lowest BCUT2D eigenvalue weighted by atomic mass is 9.92. The van der Waals surface area contributed by atoms with E-state index in [1.54, 1.807) is 0 Å². The first kappa shape index (κ1) is 18.7. The van der Waals surface area contributed by atoms with Crippen molar-refractivity contribution in [3.8, 4) is 0 Å². The van der Waals surface area contributed by atoms with E-state index < -0.39 is 5.66 Å². The highest BCUT2D eigenvalue weighted by molar-refractivity contribution is 6.08. The standard InChI is InChI=1S/C30H24N2/c1-3-11-23(12-4-1)24-19-21-30(22-20-24,31-25-13-5-2-6-14-25)32-28-17-9-7-15-26(28)27-16-8-10-18-29(27)32/h1-21,31H,22H2. The Kier molecular flexibility index (Phi) is 4.43. The van der Waals surface area contributed by atoms with Crippen LogP contribution >= 0.6 is 0 Å². The first-order valence-corrected chi connectivity index (χ1v) is 11.1. The SMILES string of the molecule is C1=CC(Nc2ccccc2)(n2c3ccccc3c3ccccc32)CC=C1c1ccccc1. The van der Waals surface area contributed by atoms with E-state index in [0.717, 1.165) is 12.1 Å². The molecule has 1 heterocycles. The highest BCUT2D eigenvalue weighted by atomic mass is 15.2. The van der Waals surface area contributed by atoms with Crippen molar-refractivity contribution in [2.45, 2.75) is 12.1 Å². The second kappa shape index (κ2) is 7.58. The van der Waals surface area contributed by atoms with Gasteiger partial charge in [0.1, 0.15) is 5.66 Å². The Morgan fingerprint density at radius 3 is 1.78 bits per heavy atom. The molecule has 1 aliphatic rings. The predicted molar refractivity (Wildman–Crippen MR) is 136 cm³/mol. The lowest BCUT2D eigenvalue weighted by Gasteiger charge is -2.37. The summed E-state index contributed by atoms with van der Waals surface area (Å²) in [5, 5.41) is 6.45. The third-order valence-corrected chi connectivity index (χ3v) is 6.39. The van der Waals surface area contributed by atoms with E-state index in [4.69, 9.17) is 0 Å². The van der Waals surface area contributed by atoms with E-state index in [9.17, 15) is 0 Å². The van der Waals surface area contributed by atoms with Gasteiger partial charge < -0.3 is 9.88 Å².